The van der Waals surface area contributed by atoms with Crippen LogP contribution in [0.1, 0.15) is 52.7 Å². The number of rotatable bonds is 2. The van der Waals surface area contributed by atoms with Crippen LogP contribution in [-0.4, -0.2) is 11.1 Å². The van der Waals surface area contributed by atoms with Gasteiger partial charge in [-0.3, -0.25) is 0 Å². The standard InChI is InChI=1S/C21H19F2NO2/c22-12-6-7-16(23)15(9-12)20-18-11-5-4-10(8-11)17(18)13-2-1-3-14(21(25)26)19(13)24-20/h1-3,6-7,9-11,17-18,20,24H,4-5,8H2,(H,25,26)/t10-,11-,17-,18+,20-/m1/s1. The van der Waals surface area contributed by atoms with Crippen molar-refractivity contribution >= 4 is 11.7 Å². The number of benzene rings is 2. The molecule has 2 N–H and O–H groups in total. The van der Waals surface area contributed by atoms with Crippen molar-refractivity contribution in [2.24, 2.45) is 17.8 Å². The summed E-state index contributed by atoms with van der Waals surface area (Å²) >= 11 is 0. The fourth-order valence-electron chi connectivity index (χ4n) is 5.75. The van der Waals surface area contributed by atoms with E-state index in [0.29, 0.717) is 23.1 Å². The van der Waals surface area contributed by atoms with Crippen LogP contribution in [0.5, 0.6) is 0 Å². The number of halogens is 2. The van der Waals surface area contributed by atoms with Gasteiger partial charge in [-0.15, -0.1) is 0 Å². The highest BCUT2D eigenvalue weighted by molar-refractivity contribution is 5.95. The van der Waals surface area contributed by atoms with Gasteiger partial charge in [0.1, 0.15) is 11.6 Å². The smallest absolute Gasteiger partial charge is 0.337 e. The predicted molar refractivity (Wildman–Crippen MR) is 93.2 cm³/mol. The Morgan fingerprint density at radius 2 is 1.88 bits per heavy atom. The van der Waals surface area contributed by atoms with E-state index in [4.69, 9.17) is 0 Å². The average Bonchev–Trinajstić information content (AvgIpc) is 3.25. The van der Waals surface area contributed by atoms with Gasteiger partial charge >= 0.3 is 5.97 Å². The molecule has 26 heavy (non-hydrogen) atoms. The van der Waals surface area contributed by atoms with Gasteiger partial charge in [-0.25, -0.2) is 13.6 Å². The highest BCUT2D eigenvalue weighted by Crippen LogP contribution is 2.64. The van der Waals surface area contributed by atoms with Gasteiger partial charge in [-0.2, -0.15) is 0 Å². The van der Waals surface area contributed by atoms with Gasteiger partial charge < -0.3 is 10.4 Å². The van der Waals surface area contributed by atoms with E-state index in [0.717, 1.165) is 37.0 Å². The van der Waals surface area contributed by atoms with E-state index in [-0.39, 0.29) is 17.4 Å². The predicted octanol–water partition coefficient (Wildman–Crippen LogP) is 4.96. The molecule has 0 radical (unpaired) electrons. The summed E-state index contributed by atoms with van der Waals surface area (Å²) in [5, 5.41) is 12.9. The van der Waals surface area contributed by atoms with Crippen LogP contribution in [0.25, 0.3) is 0 Å². The van der Waals surface area contributed by atoms with E-state index >= 15 is 0 Å². The minimum absolute atomic E-state index is 0.168. The van der Waals surface area contributed by atoms with Gasteiger partial charge in [0.25, 0.3) is 0 Å². The van der Waals surface area contributed by atoms with E-state index in [1.54, 1.807) is 12.1 Å². The van der Waals surface area contributed by atoms with Crippen LogP contribution in [0.2, 0.25) is 0 Å². The molecule has 134 valence electrons. The highest BCUT2D eigenvalue weighted by atomic mass is 19.1. The topological polar surface area (TPSA) is 49.3 Å². The van der Waals surface area contributed by atoms with E-state index in [1.165, 1.54) is 6.07 Å². The number of aromatic carboxylic acids is 1. The molecule has 0 unspecified atom stereocenters. The van der Waals surface area contributed by atoms with Crippen molar-refractivity contribution in [1.82, 2.24) is 0 Å². The maximum atomic E-state index is 14.6. The summed E-state index contributed by atoms with van der Waals surface area (Å²) in [5.74, 6) is -0.587. The molecule has 0 saturated heterocycles. The van der Waals surface area contributed by atoms with Crippen LogP contribution in [0, 0.1) is 29.4 Å². The van der Waals surface area contributed by atoms with Gasteiger partial charge in [0.15, 0.2) is 0 Å². The van der Waals surface area contributed by atoms with Crippen molar-refractivity contribution in [3.05, 3.63) is 64.7 Å². The molecule has 2 fully saturated rings. The molecule has 3 nitrogen and oxygen atoms in total. The van der Waals surface area contributed by atoms with Crippen LogP contribution in [0.3, 0.4) is 0 Å². The van der Waals surface area contributed by atoms with Crippen molar-refractivity contribution in [3.63, 3.8) is 0 Å². The monoisotopic (exact) mass is 355 g/mol. The van der Waals surface area contributed by atoms with E-state index in [2.05, 4.69) is 5.32 Å². The van der Waals surface area contributed by atoms with Gasteiger partial charge in [-0.05, 0) is 72.8 Å². The molecule has 0 aromatic heterocycles. The van der Waals surface area contributed by atoms with Crippen molar-refractivity contribution in [3.8, 4) is 0 Å². The maximum absolute atomic E-state index is 14.6. The molecule has 2 saturated carbocycles. The summed E-state index contributed by atoms with van der Waals surface area (Å²) in [4.78, 5) is 11.7. The fourth-order valence-corrected chi connectivity index (χ4v) is 5.75. The largest absolute Gasteiger partial charge is 0.478 e. The molecule has 5 heteroatoms. The lowest BCUT2D eigenvalue weighted by molar-refractivity contribution is 0.0697. The van der Waals surface area contributed by atoms with Crippen molar-refractivity contribution in [2.45, 2.75) is 31.2 Å². The normalized spacial score (nSPS) is 31.2. The molecule has 1 aliphatic heterocycles. The number of hydrogen-bond donors (Lipinski definition) is 2. The quantitative estimate of drug-likeness (QED) is 0.800. The molecule has 2 aromatic rings. The molecule has 5 atom stereocenters. The Hall–Kier alpha value is -2.43. The van der Waals surface area contributed by atoms with Gasteiger partial charge in [0.05, 0.1) is 17.3 Å². The van der Waals surface area contributed by atoms with Gasteiger partial charge in [0, 0.05) is 5.56 Å². The number of hydrogen-bond acceptors (Lipinski definition) is 2. The lowest BCUT2D eigenvalue weighted by Gasteiger charge is -2.44. The third-order valence-corrected chi connectivity index (χ3v) is 6.64. The number of anilines is 1. The van der Waals surface area contributed by atoms with Crippen LogP contribution in [0.4, 0.5) is 14.5 Å². The van der Waals surface area contributed by atoms with E-state index in [1.807, 2.05) is 6.07 Å². The van der Waals surface area contributed by atoms with Crippen LogP contribution in [-0.2, 0) is 0 Å². The number of carbonyl (C=O) groups is 1. The molecule has 2 aliphatic carbocycles. The number of nitrogens with one attached hydrogen (secondary N) is 1. The SMILES string of the molecule is O=C(O)c1cccc2c1N[C@H](c1cc(F)ccc1F)[C@H]1[C@@H]3CC[C@H](C3)[C@H]21. The Balaban J connectivity index is 1.70. The highest BCUT2D eigenvalue weighted by Gasteiger charge is 2.54. The van der Waals surface area contributed by atoms with Crippen LogP contribution in [0.15, 0.2) is 36.4 Å². The van der Waals surface area contributed by atoms with Crippen molar-refractivity contribution in [1.29, 1.82) is 0 Å². The zero-order valence-corrected chi connectivity index (χ0v) is 14.1. The maximum Gasteiger partial charge on any atom is 0.337 e. The number of carboxylic acids is 1. The first-order chi connectivity index (χ1) is 12.5. The first-order valence-electron chi connectivity index (χ1n) is 9.12. The molecule has 5 rings (SSSR count). The second kappa shape index (κ2) is 5.53. The summed E-state index contributed by atoms with van der Waals surface area (Å²) in [6, 6.07) is 8.48. The summed E-state index contributed by atoms with van der Waals surface area (Å²) in [6.07, 6.45) is 3.32. The molecular formula is C21H19F2NO2. The summed E-state index contributed by atoms with van der Waals surface area (Å²) in [7, 11) is 0. The van der Waals surface area contributed by atoms with Crippen molar-refractivity contribution < 1.29 is 18.7 Å². The second-order valence-electron chi connectivity index (χ2n) is 7.80. The first-order valence-corrected chi connectivity index (χ1v) is 9.12. The number of carboxylic acid groups (broad SMARTS) is 1. The minimum atomic E-state index is -1.01. The van der Waals surface area contributed by atoms with Crippen molar-refractivity contribution in [2.75, 3.05) is 5.32 Å². The third kappa shape index (κ3) is 2.12. The molecule has 1 heterocycles. The Bertz CT molecular complexity index is 913. The number of para-hydroxylation sites is 1. The minimum Gasteiger partial charge on any atom is -0.478 e. The molecule has 3 aliphatic rings. The zero-order valence-electron chi connectivity index (χ0n) is 14.1. The molecular weight excluding hydrogens is 336 g/mol. The molecule has 0 amide bonds. The Morgan fingerprint density at radius 3 is 2.69 bits per heavy atom. The Kier molecular flexibility index (Phi) is 3.36. The summed E-state index contributed by atoms with van der Waals surface area (Å²) in [6.45, 7) is 0. The van der Waals surface area contributed by atoms with Crippen LogP contribution >= 0.6 is 0 Å². The van der Waals surface area contributed by atoms with Gasteiger partial charge in [0.2, 0.25) is 0 Å². The third-order valence-electron chi connectivity index (χ3n) is 6.64. The Labute approximate surface area is 150 Å². The lowest BCUT2D eigenvalue weighted by Crippen LogP contribution is -2.36. The van der Waals surface area contributed by atoms with E-state index in [9.17, 15) is 18.7 Å². The van der Waals surface area contributed by atoms with Crippen LogP contribution < -0.4 is 5.32 Å². The fraction of sp³-hybridized carbons (Fsp3) is 0.381. The van der Waals surface area contributed by atoms with E-state index < -0.39 is 23.6 Å². The van der Waals surface area contributed by atoms with Gasteiger partial charge in [-0.1, -0.05) is 12.1 Å². The number of fused-ring (bicyclic) bond motifs is 7. The molecule has 2 aromatic carbocycles. The Morgan fingerprint density at radius 1 is 1.08 bits per heavy atom. The first kappa shape index (κ1) is 15.8. The average molecular weight is 355 g/mol. The summed E-state index contributed by atoms with van der Waals surface area (Å²) in [5.41, 5.74) is 2.10. The molecule has 0 spiro atoms. The molecule has 2 bridgehead atoms. The lowest BCUT2D eigenvalue weighted by atomic mass is 9.67. The second-order valence-corrected chi connectivity index (χ2v) is 7.80. The zero-order chi connectivity index (χ0) is 18.0. The summed E-state index contributed by atoms with van der Waals surface area (Å²) < 4.78 is 28.4.